The molecule has 0 saturated heterocycles. The number of benzene rings is 1. The van der Waals surface area contributed by atoms with E-state index in [4.69, 9.17) is 4.98 Å². The van der Waals surface area contributed by atoms with Gasteiger partial charge in [0, 0.05) is 31.5 Å². The van der Waals surface area contributed by atoms with Crippen LogP contribution in [0.3, 0.4) is 0 Å². The molecule has 0 saturated carbocycles. The number of hydrogen-bond donors (Lipinski definition) is 0. The summed E-state index contributed by atoms with van der Waals surface area (Å²) in [7, 11) is 1.68. The first-order chi connectivity index (χ1) is 15.5. The molecule has 2 aliphatic rings. The van der Waals surface area contributed by atoms with Gasteiger partial charge in [0.1, 0.15) is 18.5 Å². The number of amides is 2. The van der Waals surface area contributed by atoms with E-state index in [0.717, 1.165) is 11.1 Å². The molecule has 2 aliphatic heterocycles. The molecule has 3 aromatic rings. The molecule has 0 aliphatic carbocycles. The smallest absolute Gasteiger partial charge is 0.260 e. The van der Waals surface area contributed by atoms with Gasteiger partial charge >= 0.3 is 0 Å². The summed E-state index contributed by atoms with van der Waals surface area (Å²) in [5.41, 5.74) is 2.95. The summed E-state index contributed by atoms with van der Waals surface area (Å²) in [4.78, 5) is 39.9. The molecule has 0 fully saturated rings. The predicted molar refractivity (Wildman–Crippen MR) is 120 cm³/mol. The van der Waals surface area contributed by atoms with Crippen LogP contribution < -0.4 is 14.7 Å². The summed E-state index contributed by atoms with van der Waals surface area (Å²) >= 11 is 0. The van der Waals surface area contributed by atoms with Gasteiger partial charge < -0.3 is 9.80 Å². The average Bonchev–Trinajstić information content (AvgIpc) is 3.13. The fourth-order valence-corrected chi connectivity index (χ4v) is 4.56. The molecule has 0 radical (unpaired) electrons. The molecule has 8 heteroatoms. The van der Waals surface area contributed by atoms with Crippen LogP contribution in [-0.2, 0) is 4.79 Å². The zero-order valence-corrected chi connectivity index (χ0v) is 17.8. The van der Waals surface area contributed by atoms with Crippen LogP contribution in [0.15, 0.2) is 60.9 Å². The van der Waals surface area contributed by atoms with Gasteiger partial charge in [-0.05, 0) is 42.3 Å². The number of fused-ring (bicyclic) bond motifs is 2. The van der Waals surface area contributed by atoms with Crippen LogP contribution in [-0.4, -0.2) is 48.1 Å². The molecule has 2 amide bonds. The number of carbonyl (C=O) groups excluding carboxylic acids is 2. The summed E-state index contributed by atoms with van der Waals surface area (Å²) in [6, 6.07) is 13.8. The molecule has 0 bridgehead atoms. The molecule has 4 heterocycles. The Balaban J connectivity index is 1.66. The van der Waals surface area contributed by atoms with Gasteiger partial charge in [-0.15, -0.1) is 0 Å². The van der Waals surface area contributed by atoms with E-state index in [-0.39, 0.29) is 24.4 Å². The first-order valence-electron chi connectivity index (χ1n) is 10.5. The van der Waals surface area contributed by atoms with E-state index < -0.39 is 12.7 Å². The summed E-state index contributed by atoms with van der Waals surface area (Å²) in [6.07, 6.45) is 3.44. The molecule has 2 atom stereocenters. The molecular formula is C24H22FN5O2. The molecular weight excluding hydrogens is 409 g/mol. The molecule has 2 unspecified atom stereocenters. The van der Waals surface area contributed by atoms with Crippen molar-refractivity contribution in [2.24, 2.45) is 0 Å². The van der Waals surface area contributed by atoms with Gasteiger partial charge in [-0.1, -0.05) is 24.3 Å². The Bertz CT molecular complexity index is 1200. The maximum atomic E-state index is 13.5. The lowest BCUT2D eigenvalue weighted by Crippen LogP contribution is -2.52. The van der Waals surface area contributed by atoms with Crippen molar-refractivity contribution in [3.05, 3.63) is 77.6 Å². The van der Waals surface area contributed by atoms with Gasteiger partial charge in [0.2, 0.25) is 5.91 Å². The third-order valence-corrected chi connectivity index (χ3v) is 6.16. The van der Waals surface area contributed by atoms with E-state index in [1.807, 2.05) is 36.4 Å². The predicted octanol–water partition coefficient (Wildman–Crippen LogP) is 3.37. The van der Waals surface area contributed by atoms with Gasteiger partial charge in [-0.2, -0.15) is 0 Å². The van der Waals surface area contributed by atoms with Crippen molar-refractivity contribution < 1.29 is 14.0 Å². The van der Waals surface area contributed by atoms with E-state index in [9.17, 15) is 14.0 Å². The first kappa shape index (κ1) is 20.1. The SMILES string of the molecule is CC1C(=O)N(C)c2ccc(N3C(=O)c4ccccc4C3c3cccnc3)nc2N1CCF. The number of aromatic nitrogens is 2. The Morgan fingerprint density at radius 3 is 2.62 bits per heavy atom. The lowest BCUT2D eigenvalue weighted by molar-refractivity contribution is -0.119. The molecule has 2 aromatic heterocycles. The van der Waals surface area contributed by atoms with Crippen molar-refractivity contribution in [2.75, 3.05) is 35.0 Å². The van der Waals surface area contributed by atoms with Crippen LogP contribution in [0.1, 0.15) is 34.5 Å². The van der Waals surface area contributed by atoms with E-state index in [1.165, 1.54) is 4.90 Å². The number of pyridine rings is 2. The van der Waals surface area contributed by atoms with E-state index in [2.05, 4.69) is 4.98 Å². The lowest BCUT2D eigenvalue weighted by Gasteiger charge is -2.39. The second-order valence-electron chi connectivity index (χ2n) is 7.92. The van der Waals surface area contributed by atoms with E-state index >= 15 is 0 Å². The molecule has 1 aromatic carbocycles. The Morgan fingerprint density at radius 2 is 1.88 bits per heavy atom. The number of carbonyl (C=O) groups is 2. The second kappa shape index (κ2) is 7.71. The minimum atomic E-state index is -0.612. The maximum absolute atomic E-state index is 13.5. The standard InChI is InChI=1S/C24H22FN5O2/c1-15-23(31)28(2)19-9-10-20(27-22(19)29(15)13-11-25)30-21(16-6-5-12-26-14-16)17-7-3-4-8-18(17)24(30)32/h3-10,12,14-15,21H,11,13H2,1-2H3. The van der Waals surface area contributed by atoms with E-state index in [1.54, 1.807) is 48.3 Å². The van der Waals surface area contributed by atoms with Gasteiger partial charge in [-0.25, -0.2) is 9.37 Å². The van der Waals surface area contributed by atoms with Crippen LogP contribution in [0.5, 0.6) is 0 Å². The second-order valence-corrected chi connectivity index (χ2v) is 7.92. The number of rotatable bonds is 4. The Hall–Kier alpha value is -3.81. The zero-order valence-electron chi connectivity index (χ0n) is 17.8. The van der Waals surface area contributed by atoms with Crippen molar-refractivity contribution in [1.82, 2.24) is 9.97 Å². The van der Waals surface area contributed by atoms with Crippen LogP contribution >= 0.6 is 0 Å². The van der Waals surface area contributed by atoms with Crippen LogP contribution in [0.2, 0.25) is 0 Å². The molecule has 0 spiro atoms. The molecule has 5 rings (SSSR count). The van der Waals surface area contributed by atoms with Gasteiger partial charge in [0.15, 0.2) is 5.82 Å². The summed E-state index contributed by atoms with van der Waals surface area (Å²) < 4.78 is 13.3. The van der Waals surface area contributed by atoms with Gasteiger partial charge in [-0.3, -0.25) is 19.5 Å². The highest BCUT2D eigenvalue weighted by atomic mass is 19.1. The summed E-state index contributed by atoms with van der Waals surface area (Å²) in [5.74, 6) is 0.645. The van der Waals surface area contributed by atoms with Crippen molar-refractivity contribution in [2.45, 2.75) is 19.0 Å². The van der Waals surface area contributed by atoms with Crippen LogP contribution in [0.4, 0.5) is 21.7 Å². The maximum Gasteiger partial charge on any atom is 0.260 e. The number of likely N-dealkylation sites (N-methyl/N-ethyl adjacent to an activating group) is 1. The quantitative estimate of drug-likeness (QED) is 0.634. The summed E-state index contributed by atoms with van der Waals surface area (Å²) in [5, 5.41) is 0. The number of halogens is 1. The van der Waals surface area contributed by atoms with Crippen LogP contribution in [0, 0.1) is 0 Å². The van der Waals surface area contributed by atoms with Crippen LogP contribution in [0.25, 0.3) is 0 Å². The molecule has 162 valence electrons. The van der Waals surface area contributed by atoms with Crippen molar-refractivity contribution >= 4 is 29.1 Å². The Morgan fingerprint density at radius 1 is 1.06 bits per heavy atom. The Kier molecular flexibility index (Phi) is 4.84. The molecule has 32 heavy (non-hydrogen) atoms. The third kappa shape index (κ3) is 2.94. The average molecular weight is 431 g/mol. The highest BCUT2D eigenvalue weighted by Gasteiger charge is 2.41. The number of anilines is 3. The van der Waals surface area contributed by atoms with Crippen molar-refractivity contribution in [3.8, 4) is 0 Å². The fraction of sp³-hybridized carbons (Fsp3) is 0.250. The fourth-order valence-electron chi connectivity index (χ4n) is 4.56. The first-order valence-corrected chi connectivity index (χ1v) is 10.5. The van der Waals surface area contributed by atoms with Crippen molar-refractivity contribution in [3.63, 3.8) is 0 Å². The summed E-state index contributed by atoms with van der Waals surface area (Å²) in [6.45, 7) is 1.17. The monoisotopic (exact) mass is 431 g/mol. The topological polar surface area (TPSA) is 69.6 Å². The van der Waals surface area contributed by atoms with Gasteiger partial charge in [0.25, 0.3) is 5.91 Å². The number of alkyl halides is 1. The highest BCUT2D eigenvalue weighted by Crippen LogP contribution is 2.43. The molecule has 0 N–H and O–H groups in total. The lowest BCUT2D eigenvalue weighted by atomic mass is 9.99. The minimum Gasteiger partial charge on any atom is -0.340 e. The number of nitrogens with zero attached hydrogens (tertiary/aromatic N) is 5. The normalized spacial score (nSPS) is 19.9. The minimum absolute atomic E-state index is 0.0460. The zero-order chi connectivity index (χ0) is 22.4. The highest BCUT2D eigenvalue weighted by molar-refractivity contribution is 6.12. The Labute approximate surface area is 185 Å². The molecule has 7 nitrogen and oxygen atoms in total. The number of hydrogen-bond acceptors (Lipinski definition) is 5. The third-order valence-electron chi connectivity index (χ3n) is 6.16. The van der Waals surface area contributed by atoms with Gasteiger partial charge in [0.05, 0.1) is 11.7 Å². The largest absolute Gasteiger partial charge is 0.340 e. The van der Waals surface area contributed by atoms with E-state index in [0.29, 0.717) is 22.9 Å². The van der Waals surface area contributed by atoms with Crippen molar-refractivity contribution in [1.29, 1.82) is 0 Å².